The van der Waals surface area contributed by atoms with Crippen molar-refractivity contribution in [2.24, 2.45) is 17.1 Å². The van der Waals surface area contributed by atoms with Crippen molar-refractivity contribution < 1.29 is 19.5 Å². The maximum absolute atomic E-state index is 12.2. The topological polar surface area (TPSA) is 122 Å². The molecule has 0 fully saturated rings. The van der Waals surface area contributed by atoms with E-state index in [0.29, 0.717) is 5.92 Å². The number of nitrogens with one attached hydrogen (secondary N) is 2. The summed E-state index contributed by atoms with van der Waals surface area (Å²) in [6, 6.07) is -1.13. The van der Waals surface area contributed by atoms with Gasteiger partial charge in [0.05, 0.1) is 18.6 Å². The van der Waals surface area contributed by atoms with Crippen LogP contribution in [0.4, 0.5) is 0 Å². The van der Waals surface area contributed by atoms with Crippen LogP contribution in [0, 0.1) is 11.3 Å². The van der Waals surface area contributed by atoms with Crippen LogP contribution >= 0.6 is 0 Å². The van der Waals surface area contributed by atoms with Gasteiger partial charge in [0, 0.05) is 5.41 Å². The molecular weight excluding hydrogens is 274 g/mol. The Hall–Kier alpha value is -1.63. The number of rotatable bonds is 8. The smallest absolute Gasteiger partial charge is 0.305 e. The maximum Gasteiger partial charge on any atom is 0.305 e. The molecule has 2 amide bonds. The molecule has 0 aromatic rings. The predicted octanol–water partition coefficient (Wildman–Crippen LogP) is 0.439. The number of aliphatic carboxylic acids is 1. The molecule has 0 aliphatic carbocycles. The van der Waals surface area contributed by atoms with Crippen LogP contribution in [0.3, 0.4) is 0 Å². The Balaban J connectivity index is 4.43. The zero-order chi connectivity index (χ0) is 16.8. The molecule has 2 atom stereocenters. The number of carboxylic acid groups (broad SMARTS) is 1. The molecular formula is C14H27N3O4. The van der Waals surface area contributed by atoms with Gasteiger partial charge in [0.1, 0.15) is 0 Å². The van der Waals surface area contributed by atoms with Crippen molar-refractivity contribution in [3.8, 4) is 0 Å². The molecule has 0 aliphatic heterocycles. The fraction of sp³-hybridized carbons (Fsp3) is 0.786. The van der Waals surface area contributed by atoms with E-state index < -0.39 is 35.9 Å². The van der Waals surface area contributed by atoms with Crippen molar-refractivity contribution in [3.63, 3.8) is 0 Å². The lowest BCUT2D eigenvalue weighted by Gasteiger charge is -2.28. The summed E-state index contributed by atoms with van der Waals surface area (Å²) in [6.45, 7) is 9.35. The van der Waals surface area contributed by atoms with E-state index >= 15 is 0 Å². The number of carbonyl (C=O) groups is 3. The molecule has 0 aliphatic rings. The normalized spacial score (nSPS) is 14.4. The van der Waals surface area contributed by atoms with Crippen molar-refractivity contribution >= 4 is 17.8 Å². The Morgan fingerprint density at radius 2 is 1.67 bits per heavy atom. The lowest BCUT2D eigenvalue weighted by Crippen LogP contribution is -2.53. The van der Waals surface area contributed by atoms with E-state index in [-0.39, 0.29) is 5.91 Å². The first kappa shape index (κ1) is 19.4. The molecule has 21 heavy (non-hydrogen) atoms. The molecule has 7 nitrogen and oxygen atoms in total. The van der Waals surface area contributed by atoms with Crippen LogP contribution in [0.1, 0.15) is 47.5 Å². The standard InChI is InChI=1S/C14H27N3O4/c1-8(2)7-14(4,5)13(21)17-9(3)16-12(20)10(15)6-11(18)19/h8-10H,6-7,15H2,1-5H3,(H,16,20)(H,17,21)(H,18,19)/t9?,10-/m0/s1. The van der Waals surface area contributed by atoms with E-state index in [1.807, 2.05) is 27.7 Å². The zero-order valence-electron chi connectivity index (χ0n) is 13.4. The lowest BCUT2D eigenvalue weighted by atomic mass is 9.83. The van der Waals surface area contributed by atoms with Crippen LogP contribution in [0.5, 0.6) is 0 Å². The van der Waals surface area contributed by atoms with E-state index in [0.717, 1.165) is 6.42 Å². The summed E-state index contributed by atoms with van der Waals surface area (Å²) in [4.78, 5) is 34.3. The monoisotopic (exact) mass is 301 g/mol. The molecule has 1 unspecified atom stereocenters. The van der Waals surface area contributed by atoms with E-state index in [9.17, 15) is 14.4 Å². The first-order valence-corrected chi connectivity index (χ1v) is 7.04. The van der Waals surface area contributed by atoms with Gasteiger partial charge in [0.25, 0.3) is 0 Å². The third kappa shape index (κ3) is 7.65. The summed E-state index contributed by atoms with van der Waals surface area (Å²) in [5.74, 6) is -1.55. The Kier molecular flexibility index (Phi) is 7.35. The summed E-state index contributed by atoms with van der Waals surface area (Å²) >= 11 is 0. The van der Waals surface area contributed by atoms with Gasteiger partial charge in [0.2, 0.25) is 11.8 Å². The van der Waals surface area contributed by atoms with Crippen molar-refractivity contribution in [2.45, 2.75) is 59.7 Å². The summed E-state index contributed by atoms with van der Waals surface area (Å²) in [7, 11) is 0. The van der Waals surface area contributed by atoms with Crippen LogP contribution < -0.4 is 16.4 Å². The third-order valence-electron chi connectivity index (χ3n) is 2.97. The second-order valence-corrected chi connectivity index (χ2v) is 6.39. The van der Waals surface area contributed by atoms with E-state index in [1.165, 1.54) is 0 Å². The van der Waals surface area contributed by atoms with Crippen LogP contribution in [-0.2, 0) is 14.4 Å². The summed E-state index contributed by atoms with van der Waals surface area (Å²) in [6.07, 6.45) is -0.347. The molecule has 0 rings (SSSR count). The number of carboxylic acids is 1. The largest absolute Gasteiger partial charge is 0.481 e. The number of carbonyl (C=O) groups excluding carboxylic acids is 2. The van der Waals surface area contributed by atoms with Gasteiger partial charge in [-0.1, -0.05) is 27.7 Å². The second-order valence-electron chi connectivity index (χ2n) is 6.39. The fourth-order valence-corrected chi connectivity index (χ4v) is 2.14. The van der Waals surface area contributed by atoms with Crippen LogP contribution in [0.2, 0.25) is 0 Å². The molecule has 122 valence electrons. The Morgan fingerprint density at radius 3 is 2.10 bits per heavy atom. The molecule has 0 saturated heterocycles. The van der Waals surface area contributed by atoms with Gasteiger partial charge in [0.15, 0.2) is 0 Å². The summed E-state index contributed by atoms with van der Waals surface area (Å²) < 4.78 is 0. The lowest BCUT2D eigenvalue weighted by molar-refractivity contribution is -0.140. The zero-order valence-corrected chi connectivity index (χ0v) is 13.4. The number of nitrogens with two attached hydrogens (primary N) is 1. The SMILES string of the molecule is CC(C)CC(C)(C)C(=O)NC(C)NC(=O)[C@@H](N)CC(=O)O. The van der Waals surface area contributed by atoms with E-state index in [2.05, 4.69) is 10.6 Å². The molecule has 5 N–H and O–H groups in total. The second kappa shape index (κ2) is 7.97. The van der Waals surface area contributed by atoms with Crippen molar-refractivity contribution in [1.29, 1.82) is 0 Å². The van der Waals surface area contributed by atoms with Gasteiger partial charge in [-0.25, -0.2) is 0 Å². The fourth-order valence-electron chi connectivity index (χ4n) is 2.14. The third-order valence-corrected chi connectivity index (χ3v) is 2.97. The maximum atomic E-state index is 12.2. The van der Waals surface area contributed by atoms with Crippen LogP contribution in [0.25, 0.3) is 0 Å². The average Bonchev–Trinajstić information content (AvgIpc) is 2.25. The predicted molar refractivity (Wildman–Crippen MR) is 79.2 cm³/mol. The molecule has 0 bridgehead atoms. The molecule has 0 aromatic heterocycles. The van der Waals surface area contributed by atoms with Gasteiger partial charge in [-0.3, -0.25) is 14.4 Å². The van der Waals surface area contributed by atoms with Crippen LogP contribution in [0.15, 0.2) is 0 Å². The molecule has 7 heteroatoms. The van der Waals surface area contributed by atoms with Gasteiger partial charge >= 0.3 is 5.97 Å². The highest BCUT2D eigenvalue weighted by Gasteiger charge is 2.29. The highest BCUT2D eigenvalue weighted by Crippen LogP contribution is 2.25. The Morgan fingerprint density at radius 1 is 1.14 bits per heavy atom. The Bertz CT molecular complexity index is 394. The van der Waals surface area contributed by atoms with Crippen LogP contribution in [-0.4, -0.2) is 35.1 Å². The van der Waals surface area contributed by atoms with Gasteiger partial charge in [-0.2, -0.15) is 0 Å². The molecule has 0 spiro atoms. The quantitative estimate of drug-likeness (QED) is 0.485. The molecule has 0 saturated carbocycles. The molecule has 0 aromatic carbocycles. The molecule has 0 radical (unpaired) electrons. The average molecular weight is 301 g/mol. The number of amides is 2. The van der Waals surface area contributed by atoms with E-state index in [1.54, 1.807) is 6.92 Å². The molecule has 0 heterocycles. The van der Waals surface area contributed by atoms with E-state index in [4.69, 9.17) is 10.8 Å². The van der Waals surface area contributed by atoms with Crippen molar-refractivity contribution in [2.75, 3.05) is 0 Å². The van der Waals surface area contributed by atoms with Gasteiger partial charge in [-0.15, -0.1) is 0 Å². The highest BCUT2D eigenvalue weighted by molar-refractivity contribution is 5.87. The first-order chi connectivity index (χ1) is 9.45. The minimum absolute atomic E-state index is 0.171. The van der Waals surface area contributed by atoms with Crippen molar-refractivity contribution in [1.82, 2.24) is 10.6 Å². The number of hydrogen-bond donors (Lipinski definition) is 4. The summed E-state index contributed by atoms with van der Waals surface area (Å²) in [5.41, 5.74) is 4.90. The summed E-state index contributed by atoms with van der Waals surface area (Å²) in [5, 5.41) is 13.7. The first-order valence-electron chi connectivity index (χ1n) is 7.04. The number of hydrogen-bond acceptors (Lipinski definition) is 4. The van der Waals surface area contributed by atoms with Gasteiger partial charge < -0.3 is 21.5 Å². The highest BCUT2D eigenvalue weighted by atomic mass is 16.4. The minimum Gasteiger partial charge on any atom is -0.481 e. The minimum atomic E-state index is -1.15. The van der Waals surface area contributed by atoms with Crippen molar-refractivity contribution in [3.05, 3.63) is 0 Å². The van der Waals surface area contributed by atoms with Gasteiger partial charge in [-0.05, 0) is 19.3 Å². The Labute approximate surface area is 125 Å².